The summed E-state index contributed by atoms with van der Waals surface area (Å²) in [4.78, 5) is 25.9. The number of nitrogens with zero attached hydrogens (tertiary/aromatic N) is 4. The van der Waals surface area contributed by atoms with Crippen LogP contribution in [-0.2, 0) is 11.3 Å². The third-order valence-electron chi connectivity index (χ3n) is 5.61. The van der Waals surface area contributed by atoms with E-state index in [-0.39, 0.29) is 30.0 Å². The Morgan fingerprint density at radius 1 is 1.24 bits per heavy atom. The average Bonchev–Trinajstić information content (AvgIpc) is 3.34. The van der Waals surface area contributed by atoms with Crippen molar-refractivity contribution in [3.8, 4) is 5.69 Å². The third-order valence-corrected chi connectivity index (χ3v) is 5.61. The molecule has 1 aliphatic carbocycles. The van der Waals surface area contributed by atoms with Gasteiger partial charge in [0.1, 0.15) is 12.1 Å². The van der Waals surface area contributed by atoms with Gasteiger partial charge in [-0.2, -0.15) is 10.2 Å². The molecule has 0 aliphatic heterocycles. The molecule has 1 amide bonds. The van der Waals surface area contributed by atoms with Gasteiger partial charge in [0.2, 0.25) is 5.91 Å². The second kappa shape index (κ2) is 7.81. The van der Waals surface area contributed by atoms with Crippen molar-refractivity contribution < 1.29 is 4.79 Å². The number of aromatic nitrogens is 4. The van der Waals surface area contributed by atoms with E-state index in [0.717, 1.165) is 48.0 Å². The average molecular weight is 393 g/mol. The highest BCUT2D eigenvalue weighted by molar-refractivity contribution is 5.83. The zero-order valence-corrected chi connectivity index (χ0v) is 17.2. The summed E-state index contributed by atoms with van der Waals surface area (Å²) in [6.07, 6.45) is 5.99. The Morgan fingerprint density at radius 2 is 1.97 bits per heavy atom. The topological polar surface area (TPSA) is 81.8 Å². The smallest absolute Gasteiger partial charge is 0.293 e. The van der Waals surface area contributed by atoms with Crippen molar-refractivity contribution in [2.24, 2.45) is 0 Å². The van der Waals surface area contributed by atoms with Gasteiger partial charge in [-0.15, -0.1) is 0 Å². The maximum Gasteiger partial charge on any atom is 0.293 e. The molecule has 1 N–H and O–H groups in total. The van der Waals surface area contributed by atoms with Crippen molar-refractivity contribution in [2.45, 2.75) is 65.0 Å². The van der Waals surface area contributed by atoms with Gasteiger partial charge in [-0.25, -0.2) is 9.36 Å². The maximum atomic E-state index is 13.3. The van der Waals surface area contributed by atoms with Crippen LogP contribution in [0, 0.1) is 6.92 Å². The summed E-state index contributed by atoms with van der Waals surface area (Å²) < 4.78 is 2.96. The molecule has 1 aromatic carbocycles. The summed E-state index contributed by atoms with van der Waals surface area (Å²) in [5.74, 6) is -0.0701. The minimum Gasteiger partial charge on any atom is -0.352 e. The Kier molecular flexibility index (Phi) is 5.22. The zero-order chi connectivity index (χ0) is 20.5. The molecule has 0 spiro atoms. The highest BCUT2D eigenvalue weighted by atomic mass is 16.2. The van der Waals surface area contributed by atoms with Gasteiger partial charge >= 0.3 is 0 Å². The van der Waals surface area contributed by atoms with Gasteiger partial charge in [0, 0.05) is 11.4 Å². The van der Waals surface area contributed by atoms with E-state index in [9.17, 15) is 9.59 Å². The first kappa shape index (κ1) is 19.4. The van der Waals surface area contributed by atoms with Gasteiger partial charge in [-0.3, -0.25) is 9.59 Å². The lowest BCUT2D eigenvalue weighted by molar-refractivity contribution is -0.122. The van der Waals surface area contributed by atoms with Crippen LogP contribution in [0.25, 0.3) is 16.6 Å². The van der Waals surface area contributed by atoms with Crippen LogP contribution in [-0.4, -0.2) is 31.5 Å². The van der Waals surface area contributed by atoms with Gasteiger partial charge in [0.25, 0.3) is 5.56 Å². The number of para-hydroxylation sites is 1. The minimum absolute atomic E-state index is 0.0794. The molecule has 7 heteroatoms. The van der Waals surface area contributed by atoms with Crippen molar-refractivity contribution in [1.82, 2.24) is 24.9 Å². The van der Waals surface area contributed by atoms with E-state index >= 15 is 0 Å². The van der Waals surface area contributed by atoms with Crippen molar-refractivity contribution in [3.05, 3.63) is 52.1 Å². The lowest BCUT2D eigenvalue weighted by Crippen LogP contribution is -2.39. The van der Waals surface area contributed by atoms with E-state index < -0.39 is 0 Å². The molecule has 1 aliphatic rings. The largest absolute Gasteiger partial charge is 0.352 e. The lowest BCUT2D eigenvalue weighted by Gasteiger charge is -2.15. The Labute approximate surface area is 169 Å². The molecule has 2 aromatic heterocycles. The number of carbonyl (C=O) groups is 1. The van der Waals surface area contributed by atoms with Crippen LogP contribution in [0.2, 0.25) is 0 Å². The molecule has 1 fully saturated rings. The summed E-state index contributed by atoms with van der Waals surface area (Å²) in [6.45, 7) is 5.96. The van der Waals surface area contributed by atoms with Crippen LogP contribution in [0.5, 0.6) is 0 Å². The molecule has 0 bridgehead atoms. The standard InChI is InChI=1S/C22H27N5O2/c1-14(2)20-17-12-23-27(18-11-7-4-8-15(18)3)21(17)22(29)26(25-20)13-19(28)24-16-9-5-6-10-16/h4,7-8,11-12,14,16H,5-6,9-10,13H2,1-3H3,(H,24,28). The van der Waals surface area contributed by atoms with Crippen molar-refractivity contribution in [1.29, 1.82) is 0 Å². The molecule has 1 saturated carbocycles. The van der Waals surface area contributed by atoms with Gasteiger partial charge < -0.3 is 5.32 Å². The Balaban J connectivity index is 1.80. The van der Waals surface area contributed by atoms with Crippen molar-refractivity contribution in [3.63, 3.8) is 0 Å². The number of fused-ring (bicyclic) bond motifs is 1. The van der Waals surface area contributed by atoms with Gasteiger partial charge in [-0.05, 0) is 37.3 Å². The predicted molar refractivity (Wildman–Crippen MR) is 112 cm³/mol. The Bertz CT molecular complexity index is 1110. The van der Waals surface area contributed by atoms with Crippen LogP contribution in [0.15, 0.2) is 35.3 Å². The quantitative estimate of drug-likeness (QED) is 0.722. The fourth-order valence-corrected chi connectivity index (χ4v) is 4.09. The second-order valence-electron chi connectivity index (χ2n) is 8.16. The summed E-state index contributed by atoms with van der Waals surface area (Å²) in [5.41, 5.74) is 2.80. The van der Waals surface area contributed by atoms with E-state index in [1.165, 1.54) is 4.68 Å². The molecule has 7 nitrogen and oxygen atoms in total. The molecule has 0 unspecified atom stereocenters. The molecule has 29 heavy (non-hydrogen) atoms. The molecule has 0 radical (unpaired) electrons. The molecular weight excluding hydrogens is 366 g/mol. The lowest BCUT2D eigenvalue weighted by atomic mass is 10.1. The minimum atomic E-state index is -0.299. The first-order chi connectivity index (χ1) is 14.0. The van der Waals surface area contributed by atoms with Crippen LogP contribution in [0.4, 0.5) is 0 Å². The molecule has 4 rings (SSSR count). The number of amides is 1. The monoisotopic (exact) mass is 393 g/mol. The molecule has 2 heterocycles. The summed E-state index contributed by atoms with van der Waals surface area (Å²) in [5, 5.41) is 12.8. The molecule has 0 saturated heterocycles. The summed E-state index contributed by atoms with van der Waals surface area (Å²) >= 11 is 0. The number of nitrogens with one attached hydrogen (secondary N) is 1. The first-order valence-electron chi connectivity index (χ1n) is 10.3. The molecule has 3 aromatic rings. The Morgan fingerprint density at radius 3 is 2.66 bits per heavy atom. The van der Waals surface area contributed by atoms with E-state index in [2.05, 4.69) is 15.5 Å². The third kappa shape index (κ3) is 3.69. The number of rotatable bonds is 5. The van der Waals surface area contributed by atoms with Crippen LogP contribution < -0.4 is 10.9 Å². The van der Waals surface area contributed by atoms with Gasteiger partial charge in [0.15, 0.2) is 0 Å². The van der Waals surface area contributed by atoms with E-state index in [1.54, 1.807) is 10.9 Å². The normalized spacial score (nSPS) is 14.8. The summed E-state index contributed by atoms with van der Waals surface area (Å²) in [7, 11) is 0. The highest BCUT2D eigenvalue weighted by Gasteiger charge is 2.22. The summed E-state index contributed by atoms with van der Waals surface area (Å²) in [6, 6.07) is 8.02. The van der Waals surface area contributed by atoms with Crippen LogP contribution in [0.1, 0.15) is 56.7 Å². The van der Waals surface area contributed by atoms with E-state index in [0.29, 0.717) is 5.52 Å². The number of hydrogen-bond donors (Lipinski definition) is 1. The van der Waals surface area contributed by atoms with E-state index in [4.69, 9.17) is 0 Å². The van der Waals surface area contributed by atoms with Crippen LogP contribution >= 0.6 is 0 Å². The fourth-order valence-electron chi connectivity index (χ4n) is 4.09. The van der Waals surface area contributed by atoms with Crippen molar-refractivity contribution >= 4 is 16.8 Å². The zero-order valence-electron chi connectivity index (χ0n) is 17.2. The number of aryl methyl sites for hydroxylation is 1. The Hall–Kier alpha value is -2.96. The maximum absolute atomic E-state index is 13.3. The number of carbonyl (C=O) groups excluding carboxylic acids is 1. The highest BCUT2D eigenvalue weighted by Crippen LogP contribution is 2.24. The predicted octanol–water partition coefficient (Wildman–Crippen LogP) is 3.07. The van der Waals surface area contributed by atoms with Crippen molar-refractivity contribution in [2.75, 3.05) is 0 Å². The van der Waals surface area contributed by atoms with Gasteiger partial charge in [0.05, 0.1) is 17.6 Å². The van der Waals surface area contributed by atoms with E-state index in [1.807, 2.05) is 45.0 Å². The van der Waals surface area contributed by atoms with Crippen LogP contribution in [0.3, 0.4) is 0 Å². The van der Waals surface area contributed by atoms with Gasteiger partial charge in [-0.1, -0.05) is 44.9 Å². The molecule has 152 valence electrons. The molecular formula is C22H27N5O2. The number of hydrogen-bond acceptors (Lipinski definition) is 4. The second-order valence-corrected chi connectivity index (χ2v) is 8.16. The first-order valence-corrected chi connectivity index (χ1v) is 10.3. The fraction of sp³-hybridized carbons (Fsp3) is 0.455. The SMILES string of the molecule is Cc1ccccc1-n1ncc2c(C(C)C)nn(CC(=O)NC3CCCC3)c(=O)c21. The number of benzene rings is 1. The molecule has 0 atom stereocenters.